The van der Waals surface area contributed by atoms with Crippen LogP contribution in [0.3, 0.4) is 0 Å². The lowest BCUT2D eigenvalue weighted by molar-refractivity contribution is -0.121. The van der Waals surface area contributed by atoms with Gasteiger partial charge in [0.25, 0.3) is 11.8 Å². The highest BCUT2D eigenvalue weighted by Crippen LogP contribution is 2.11. The molecule has 2 rings (SSSR count). The normalized spacial score (nSPS) is 10.0. The molecule has 0 spiro atoms. The Morgan fingerprint density at radius 3 is 2.32 bits per heavy atom. The summed E-state index contributed by atoms with van der Waals surface area (Å²) in [6.07, 6.45) is 0.0259. The second-order valence-electron chi connectivity index (χ2n) is 5.03. The van der Waals surface area contributed by atoms with Gasteiger partial charge in [-0.2, -0.15) is 0 Å². The highest BCUT2D eigenvalue weighted by Gasteiger charge is 2.09. The summed E-state index contributed by atoms with van der Waals surface area (Å²) < 4.78 is 0.874. The van der Waals surface area contributed by atoms with Gasteiger partial charge in [-0.3, -0.25) is 25.2 Å². The number of hydrogen-bond donors (Lipinski definition) is 3. The number of benzene rings is 2. The minimum atomic E-state index is -0.477. The fraction of sp³-hybridized carbons (Fsp3) is 0.118. The van der Waals surface area contributed by atoms with Crippen LogP contribution in [0.2, 0.25) is 5.02 Å². The quantitative estimate of drug-likeness (QED) is 0.645. The van der Waals surface area contributed by atoms with Crippen molar-refractivity contribution in [1.82, 2.24) is 16.2 Å². The fourth-order valence-corrected chi connectivity index (χ4v) is 2.34. The maximum Gasteiger partial charge on any atom is 0.269 e. The molecule has 2 aromatic carbocycles. The van der Waals surface area contributed by atoms with Crippen molar-refractivity contribution in [2.45, 2.75) is 6.42 Å². The van der Waals surface area contributed by atoms with Crippen molar-refractivity contribution in [3.05, 3.63) is 69.2 Å². The molecule has 0 unspecified atom stereocenters. The average Bonchev–Trinajstić information content (AvgIpc) is 2.60. The second kappa shape index (κ2) is 9.19. The van der Waals surface area contributed by atoms with E-state index >= 15 is 0 Å². The van der Waals surface area contributed by atoms with E-state index in [-0.39, 0.29) is 18.9 Å². The van der Waals surface area contributed by atoms with Gasteiger partial charge in [0.15, 0.2) is 0 Å². The Kier molecular flexibility index (Phi) is 6.97. The number of carbonyl (C=O) groups excluding carboxylic acids is 3. The van der Waals surface area contributed by atoms with E-state index in [9.17, 15) is 14.4 Å². The molecule has 0 bridgehead atoms. The van der Waals surface area contributed by atoms with Crippen LogP contribution in [-0.2, 0) is 4.79 Å². The molecule has 0 heterocycles. The van der Waals surface area contributed by atoms with Gasteiger partial charge in [0.1, 0.15) is 0 Å². The van der Waals surface area contributed by atoms with E-state index in [1.165, 1.54) is 6.07 Å². The Balaban J connectivity index is 1.71. The largest absolute Gasteiger partial charge is 0.352 e. The van der Waals surface area contributed by atoms with E-state index in [0.29, 0.717) is 16.1 Å². The SMILES string of the molecule is O=C(CCNC(=O)c1ccc(Br)cc1)NNC(=O)c1cccc(Cl)c1. The number of carbonyl (C=O) groups is 3. The summed E-state index contributed by atoms with van der Waals surface area (Å²) >= 11 is 9.09. The third kappa shape index (κ3) is 6.21. The molecule has 130 valence electrons. The number of hydrazine groups is 1. The first-order valence-corrected chi connectivity index (χ1v) is 8.51. The van der Waals surface area contributed by atoms with Crippen molar-refractivity contribution in [1.29, 1.82) is 0 Å². The maximum absolute atomic E-state index is 11.9. The topological polar surface area (TPSA) is 87.3 Å². The zero-order chi connectivity index (χ0) is 18.2. The molecule has 3 N–H and O–H groups in total. The Hall–Kier alpha value is -2.38. The molecule has 8 heteroatoms. The Bertz CT molecular complexity index is 781. The van der Waals surface area contributed by atoms with Crippen LogP contribution >= 0.6 is 27.5 Å². The van der Waals surface area contributed by atoms with Crippen molar-refractivity contribution >= 4 is 45.3 Å². The molecule has 0 atom stereocenters. The number of hydrogen-bond acceptors (Lipinski definition) is 3. The van der Waals surface area contributed by atoms with Crippen LogP contribution in [0.5, 0.6) is 0 Å². The molecule has 0 saturated heterocycles. The van der Waals surface area contributed by atoms with E-state index in [4.69, 9.17) is 11.6 Å². The van der Waals surface area contributed by atoms with E-state index in [1.54, 1.807) is 42.5 Å². The zero-order valence-electron chi connectivity index (χ0n) is 13.0. The van der Waals surface area contributed by atoms with E-state index < -0.39 is 11.8 Å². The molecular weight excluding hydrogens is 410 g/mol. The van der Waals surface area contributed by atoms with Crippen LogP contribution in [0, 0.1) is 0 Å². The third-order valence-electron chi connectivity index (χ3n) is 3.15. The predicted molar refractivity (Wildman–Crippen MR) is 98.2 cm³/mol. The highest BCUT2D eigenvalue weighted by molar-refractivity contribution is 9.10. The number of nitrogens with one attached hydrogen (secondary N) is 3. The molecule has 6 nitrogen and oxygen atoms in total. The van der Waals surface area contributed by atoms with Gasteiger partial charge in [-0.05, 0) is 42.5 Å². The lowest BCUT2D eigenvalue weighted by Crippen LogP contribution is -2.42. The lowest BCUT2D eigenvalue weighted by atomic mass is 10.2. The van der Waals surface area contributed by atoms with Gasteiger partial charge in [-0.15, -0.1) is 0 Å². The van der Waals surface area contributed by atoms with Crippen LogP contribution in [0.25, 0.3) is 0 Å². The molecule has 2 aromatic rings. The zero-order valence-corrected chi connectivity index (χ0v) is 15.4. The summed E-state index contributed by atoms with van der Waals surface area (Å²) in [5.74, 6) is -1.18. The molecule has 3 amide bonds. The van der Waals surface area contributed by atoms with Crippen molar-refractivity contribution < 1.29 is 14.4 Å². The van der Waals surface area contributed by atoms with Crippen molar-refractivity contribution in [3.8, 4) is 0 Å². The average molecular weight is 425 g/mol. The fourth-order valence-electron chi connectivity index (χ4n) is 1.88. The Morgan fingerprint density at radius 1 is 0.920 bits per heavy atom. The summed E-state index contributed by atoms with van der Waals surface area (Å²) in [7, 11) is 0. The lowest BCUT2D eigenvalue weighted by Gasteiger charge is -2.08. The molecule has 0 fully saturated rings. The van der Waals surface area contributed by atoms with Crippen molar-refractivity contribution in [3.63, 3.8) is 0 Å². The van der Waals surface area contributed by atoms with Gasteiger partial charge < -0.3 is 5.32 Å². The maximum atomic E-state index is 11.9. The van der Waals surface area contributed by atoms with Gasteiger partial charge in [-0.1, -0.05) is 33.6 Å². The van der Waals surface area contributed by atoms with Crippen LogP contribution in [0.1, 0.15) is 27.1 Å². The van der Waals surface area contributed by atoms with E-state index in [0.717, 1.165) is 4.47 Å². The summed E-state index contributed by atoms with van der Waals surface area (Å²) in [5, 5.41) is 3.06. The first-order chi connectivity index (χ1) is 12.0. The summed E-state index contributed by atoms with van der Waals surface area (Å²) in [6.45, 7) is 0.147. The monoisotopic (exact) mass is 423 g/mol. The first kappa shape index (κ1) is 19.0. The minimum Gasteiger partial charge on any atom is -0.352 e. The predicted octanol–water partition coefficient (Wildman–Crippen LogP) is 2.68. The van der Waals surface area contributed by atoms with E-state index in [2.05, 4.69) is 32.1 Å². The number of halogens is 2. The van der Waals surface area contributed by atoms with Crippen LogP contribution < -0.4 is 16.2 Å². The van der Waals surface area contributed by atoms with Gasteiger partial charge in [0.2, 0.25) is 5.91 Å². The standard InChI is InChI=1S/C17H15BrClN3O3/c18-13-6-4-11(5-7-13)16(24)20-9-8-15(23)21-22-17(25)12-2-1-3-14(19)10-12/h1-7,10H,8-9H2,(H,20,24)(H,21,23)(H,22,25). The van der Waals surface area contributed by atoms with Crippen LogP contribution in [-0.4, -0.2) is 24.3 Å². The van der Waals surface area contributed by atoms with Crippen LogP contribution in [0.15, 0.2) is 53.0 Å². The van der Waals surface area contributed by atoms with Gasteiger partial charge in [0.05, 0.1) is 0 Å². The molecular formula is C17H15BrClN3O3. The summed E-state index contributed by atoms with van der Waals surface area (Å²) in [6, 6.07) is 13.2. The van der Waals surface area contributed by atoms with Crippen molar-refractivity contribution in [2.75, 3.05) is 6.54 Å². The van der Waals surface area contributed by atoms with Gasteiger partial charge in [-0.25, -0.2) is 0 Å². The van der Waals surface area contributed by atoms with E-state index in [1.807, 2.05) is 0 Å². The highest BCUT2D eigenvalue weighted by atomic mass is 79.9. The first-order valence-electron chi connectivity index (χ1n) is 7.34. The third-order valence-corrected chi connectivity index (χ3v) is 3.91. The smallest absolute Gasteiger partial charge is 0.269 e. The van der Waals surface area contributed by atoms with Crippen LogP contribution in [0.4, 0.5) is 0 Å². The molecule has 0 radical (unpaired) electrons. The molecule has 0 aliphatic heterocycles. The molecule has 0 aromatic heterocycles. The Labute approximate surface area is 158 Å². The molecule has 0 saturated carbocycles. The molecule has 0 aliphatic rings. The Morgan fingerprint density at radius 2 is 1.64 bits per heavy atom. The number of amides is 3. The summed E-state index contributed by atoms with van der Waals surface area (Å²) in [4.78, 5) is 35.4. The van der Waals surface area contributed by atoms with Gasteiger partial charge >= 0.3 is 0 Å². The second-order valence-corrected chi connectivity index (χ2v) is 6.38. The summed E-state index contributed by atoms with van der Waals surface area (Å²) in [5.41, 5.74) is 5.40. The minimum absolute atomic E-state index is 0.0259. The van der Waals surface area contributed by atoms with Crippen molar-refractivity contribution in [2.24, 2.45) is 0 Å². The number of rotatable bonds is 5. The molecule has 25 heavy (non-hydrogen) atoms. The van der Waals surface area contributed by atoms with Gasteiger partial charge in [0, 0.05) is 33.6 Å². The molecule has 0 aliphatic carbocycles.